The molecule has 2 aromatic carbocycles. The zero-order chi connectivity index (χ0) is 26.4. The minimum absolute atomic E-state index is 0.125. The van der Waals surface area contributed by atoms with Crippen LogP contribution < -0.4 is 10.2 Å². The van der Waals surface area contributed by atoms with Crippen molar-refractivity contribution in [3.05, 3.63) is 76.1 Å². The van der Waals surface area contributed by atoms with Crippen molar-refractivity contribution in [2.24, 2.45) is 5.92 Å². The lowest BCUT2D eigenvalue weighted by Crippen LogP contribution is -2.54. The van der Waals surface area contributed by atoms with Gasteiger partial charge in [-0.3, -0.25) is 9.78 Å². The van der Waals surface area contributed by atoms with E-state index in [9.17, 15) is 10.1 Å². The van der Waals surface area contributed by atoms with Gasteiger partial charge in [0.05, 0.1) is 34.6 Å². The Kier molecular flexibility index (Phi) is 6.43. The number of benzene rings is 2. The number of rotatable bonds is 5. The Hall–Kier alpha value is -3.31. The summed E-state index contributed by atoms with van der Waals surface area (Å²) in [7, 11) is 0. The molecule has 0 spiro atoms. The molecule has 7 nitrogen and oxygen atoms in total. The van der Waals surface area contributed by atoms with Gasteiger partial charge in [0.15, 0.2) is 5.78 Å². The van der Waals surface area contributed by atoms with E-state index >= 15 is 0 Å². The van der Waals surface area contributed by atoms with Crippen LogP contribution in [0.5, 0.6) is 0 Å². The van der Waals surface area contributed by atoms with Gasteiger partial charge in [-0.05, 0) is 48.7 Å². The lowest BCUT2D eigenvalue weighted by molar-refractivity contribution is -0.122. The third-order valence-electron chi connectivity index (χ3n) is 8.30. The fourth-order valence-electron chi connectivity index (χ4n) is 6.04. The number of ketones is 1. The van der Waals surface area contributed by atoms with Gasteiger partial charge in [0, 0.05) is 62.7 Å². The van der Waals surface area contributed by atoms with E-state index in [1.165, 1.54) is 0 Å². The molecular weight excluding hydrogens is 496 g/mol. The van der Waals surface area contributed by atoms with E-state index in [1.807, 2.05) is 44.4 Å². The number of nitrogens with one attached hydrogen (secondary N) is 1. The molecule has 8 heteroatoms. The summed E-state index contributed by atoms with van der Waals surface area (Å²) in [6.45, 7) is 11.6. The van der Waals surface area contributed by atoms with E-state index in [4.69, 9.17) is 21.6 Å². The summed E-state index contributed by atoms with van der Waals surface area (Å²) >= 11 is 6.30. The van der Waals surface area contributed by atoms with E-state index < -0.39 is 11.3 Å². The molecule has 2 aliphatic heterocycles. The van der Waals surface area contributed by atoms with Crippen LogP contribution in [0.15, 0.2) is 48.8 Å². The second-order valence-corrected chi connectivity index (χ2v) is 11.6. The van der Waals surface area contributed by atoms with Gasteiger partial charge in [0.25, 0.3) is 0 Å². The van der Waals surface area contributed by atoms with Gasteiger partial charge in [0.1, 0.15) is 11.9 Å². The molecule has 38 heavy (non-hydrogen) atoms. The van der Waals surface area contributed by atoms with Crippen molar-refractivity contribution < 1.29 is 4.79 Å². The van der Waals surface area contributed by atoms with Crippen LogP contribution >= 0.6 is 11.6 Å². The molecule has 0 radical (unpaired) electrons. The van der Waals surface area contributed by atoms with Crippen molar-refractivity contribution in [1.29, 1.82) is 5.26 Å². The Balaban J connectivity index is 1.19. The van der Waals surface area contributed by atoms with Crippen molar-refractivity contribution in [1.82, 2.24) is 20.2 Å². The first kappa shape index (κ1) is 25.0. The molecular formula is C30H31ClN6O. The molecule has 2 fully saturated rings. The fraction of sp³-hybridized carbons (Fsp3) is 0.400. The summed E-state index contributed by atoms with van der Waals surface area (Å²) in [4.78, 5) is 27.9. The highest BCUT2D eigenvalue weighted by atomic mass is 35.5. The van der Waals surface area contributed by atoms with Crippen LogP contribution in [-0.4, -0.2) is 66.5 Å². The molecule has 1 aromatic heterocycles. The van der Waals surface area contributed by atoms with Gasteiger partial charge in [-0.15, -0.1) is 0 Å². The first-order valence-electron chi connectivity index (χ1n) is 13.2. The molecule has 0 bridgehead atoms. The summed E-state index contributed by atoms with van der Waals surface area (Å²) in [6, 6.07) is 13.5. The van der Waals surface area contributed by atoms with Crippen molar-refractivity contribution in [2.75, 3.05) is 50.7 Å². The molecule has 3 aromatic rings. The number of nitriles is 1. The number of hydrogen-bond acceptors (Lipinski definition) is 7. The number of carbonyl (C=O) groups excluding carboxylic acids is 1. The average Bonchev–Trinajstić information content (AvgIpc) is 3.11. The number of nitrogens with zero attached hydrogens (tertiary/aromatic N) is 5. The minimum Gasteiger partial charge on any atom is -0.355 e. The third-order valence-corrected chi connectivity index (χ3v) is 8.62. The van der Waals surface area contributed by atoms with Crippen molar-refractivity contribution in [3.63, 3.8) is 0 Å². The number of Topliss-reactive ketones (excluding diaryl/α,β-unsaturated/α-hetero) is 1. The summed E-state index contributed by atoms with van der Waals surface area (Å²) in [5, 5.41) is 13.0. The van der Waals surface area contributed by atoms with Crippen LogP contribution in [0.2, 0.25) is 5.02 Å². The van der Waals surface area contributed by atoms with Crippen LogP contribution in [0.1, 0.15) is 42.0 Å². The van der Waals surface area contributed by atoms with E-state index in [1.54, 1.807) is 12.1 Å². The van der Waals surface area contributed by atoms with Gasteiger partial charge in [-0.2, -0.15) is 5.26 Å². The quantitative estimate of drug-likeness (QED) is 0.537. The maximum Gasteiger partial charge on any atom is 0.154 e. The number of aromatic nitrogens is 2. The highest BCUT2D eigenvalue weighted by molar-refractivity contribution is 6.31. The van der Waals surface area contributed by atoms with Crippen molar-refractivity contribution >= 4 is 23.2 Å². The predicted octanol–water partition coefficient (Wildman–Crippen LogP) is 4.00. The molecule has 6 rings (SSSR count). The van der Waals surface area contributed by atoms with E-state index in [-0.39, 0.29) is 5.78 Å². The number of anilines is 1. The zero-order valence-corrected chi connectivity index (χ0v) is 22.5. The van der Waals surface area contributed by atoms with Gasteiger partial charge in [-0.25, -0.2) is 4.98 Å². The van der Waals surface area contributed by atoms with Crippen LogP contribution in [0.25, 0.3) is 11.3 Å². The molecule has 0 saturated carbocycles. The topological polar surface area (TPSA) is 85.2 Å². The summed E-state index contributed by atoms with van der Waals surface area (Å²) < 4.78 is 0. The monoisotopic (exact) mass is 526 g/mol. The number of carbonyl (C=O) groups is 1. The molecule has 3 aliphatic rings. The first-order chi connectivity index (χ1) is 18.3. The Bertz CT molecular complexity index is 1420. The van der Waals surface area contributed by atoms with Crippen LogP contribution in [-0.2, 0) is 10.2 Å². The Morgan fingerprint density at radius 1 is 1.11 bits per heavy atom. The highest BCUT2D eigenvalue weighted by Crippen LogP contribution is 2.47. The molecule has 194 valence electrons. The van der Waals surface area contributed by atoms with E-state index in [2.05, 4.69) is 27.3 Å². The highest BCUT2D eigenvalue weighted by Gasteiger charge is 2.46. The Morgan fingerprint density at radius 2 is 1.89 bits per heavy atom. The number of fused-ring (bicyclic) bond motifs is 1. The number of piperazine rings is 1. The zero-order valence-electron chi connectivity index (χ0n) is 21.7. The van der Waals surface area contributed by atoms with Gasteiger partial charge < -0.3 is 15.1 Å². The van der Waals surface area contributed by atoms with Gasteiger partial charge in [-0.1, -0.05) is 29.8 Å². The van der Waals surface area contributed by atoms with E-state index in [0.29, 0.717) is 16.5 Å². The average molecular weight is 527 g/mol. The molecule has 1 atom stereocenters. The van der Waals surface area contributed by atoms with Crippen LogP contribution in [0.3, 0.4) is 0 Å². The van der Waals surface area contributed by atoms with Crippen LogP contribution in [0, 0.1) is 17.2 Å². The van der Waals surface area contributed by atoms with Gasteiger partial charge >= 0.3 is 0 Å². The standard InChI is InChI=1S/C30H31ClN6O/c1-30(2)24-11-20(5-6-23(24)28(29(30)38)21-3-4-22(13-32)25(31)12-21)26-14-35-27(15-34-26)37-17-19(18-37)16-36-9-7-33-8-10-36/h3-6,11-12,14-15,19,28,33H,7-10,16-18H2,1-2H3. The molecule has 1 aliphatic carbocycles. The predicted molar refractivity (Wildman–Crippen MR) is 149 cm³/mol. The summed E-state index contributed by atoms with van der Waals surface area (Å²) in [6.07, 6.45) is 3.70. The Morgan fingerprint density at radius 3 is 2.58 bits per heavy atom. The lowest BCUT2D eigenvalue weighted by atomic mass is 9.83. The third kappa shape index (κ3) is 4.37. The normalized spacial score (nSPS) is 21.2. The number of hydrogen-bond donors (Lipinski definition) is 1. The van der Waals surface area contributed by atoms with E-state index in [0.717, 1.165) is 79.6 Å². The largest absolute Gasteiger partial charge is 0.355 e. The first-order valence-corrected chi connectivity index (χ1v) is 13.6. The second kappa shape index (κ2) is 9.77. The van der Waals surface area contributed by atoms with Crippen molar-refractivity contribution in [3.8, 4) is 17.3 Å². The molecule has 1 unspecified atom stereocenters. The number of halogens is 1. The molecule has 3 heterocycles. The smallest absolute Gasteiger partial charge is 0.154 e. The van der Waals surface area contributed by atoms with Crippen molar-refractivity contribution in [2.45, 2.75) is 25.2 Å². The maximum atomic E-state index is 13.6. The minimum atomic E-state index is -0.652. The summed E-state index contributed by atoms with van der Waals surface area (Å²) in [5.74, 6) is 1.32. The van der Waals surface area contributed by atoms with Gasteiger partial charge in [0.2, 0.25) is 0 Å². The molecule has 0 amide bonds. The molecule has 2 saturated heterocycles. The molecule has 1 N–H and O–H groups in total. The fourth-order valence-corrected chi connectivity index (χ4v) is 6.27. The maximum absolute atomic E-state index is 13.6. The van der Waals surface area contributed by atoms with Crippen LogP contribution in [0.4, 0.5) is 5.82 Å². The Labute approximate surface area is 228 Å². The lowest BCUT2D eigenvalue weighted by Gasteiger charge is -2.43. The second-order valence-electron chi connectivity index (χ2n) is 11.2. The summed E-state index contributed by atoms with van der Waals surface area (Å²) in [5.41, 5.74) is 4.28. The SMILES string of the molecule is CC1(C)C(=O)C(c2ccc(C#N)c(Cl)c2)c2ccc(-c3cnc(N4CC(CN5CCNCC5)C4)cn3)cc21.